The molecule has 0 amide bonds. The summed E-state index contributed by atoms with van der Waals surface area (Å²) in [6.45, 7) is 6.40. The SMILES string of the molecule is CCOP(=O)(COc1cccc(O[C@@H]2CCC(CC)C[C@H]2OC)c1)OCC. The Morgan fingerprint density at radius 3 is 2.37 bits per heavy atom. The van der Waals surface area contributed by atoms with E-state index in [2.05, 4.69) is 6.92 Å². The summed E-state index contributed by atoms with van der Waals surface area (Å²) in [4.78, 5) is 0. The van der Waals surface area contributed by atoms with Gasteiger partial charge < -0.3 is 23.3 Å². The molecule has 0 heterocycles. The van der Waals surface area contributed by atoms with Gasteiger partial charge in [-0.1, -0.05) is 19.4 Å². The number of hydrogen-bond donors (Lipinski definition) is 0. The fourth-order valence-corrected chi connectivity index (χ4v) is 4.73. The van der Waals surface area contributed by atoms with Crippen LogP contribution in [-0.2, 0) is 18.3 Å². The Bertz CT molecular complexity index is 598. The Morgan fingerprint density at radius 1 is 1.04 bits per heavy atom. The van der Waals surface area contributed by atoms with Crippen molar-refractivity contribution in [1.29, 1.82) is 0 Å². The number of ether oxygens (including phenoxy) is 3. The molecule has 1 aromatic rings. The van der Waals surface area contributed by atoms with Gasteiger partial charge in [-0.2, -0.15) is 0 Å². The third-order valence-electron chi connectivity index (χ3n) is 4.85. The third-order valence-corrected chi connectivity index (χ3v) is 6.60. The van der Waals surface area contributed by atoms with Crippen LogP contribution in [0.4, 0.5) is 0 Å². The molecular formula is C20H33O6P. The monoisotopic (exact) mass is 400 g/mol. The molecule has 1 unspecified atom stereocenters. The quantitative estimate of drug-likeness (QED) is 0.472. The maximum atomic E-state index is 12.5. The second-order valence-corrected chi connectivity index (χ2v) is 8.71. The zero-order valence-electron chi connectivity index (χ0n) is 16.9. The average Bonchev–Trinajstić information content (AvgIpc) is 2.67. The van der Waals surface area contributed by atoms with Crippen LogP contribution in [0.2, 0.25) is 0 Å². The summed E-state index contributed by atoms with van der Waals surface area (Å²) in [5.74, 6) is 2.00. The first-order chi connectivity index (χ1) is 13.0. The second-order valence-electron chi connectivity index (χ2n) is 6.71. The van der Waals surface area contributed by atoms with Gasteiger partial charge in [-0.3, -0.25) is 4.57 Å². The van der Waals surface area contributed by atoms with Gasteiger partial charge in [0.25, 0.3) is 0 Å². The Hall–Kier alpha value is -1.07. The molecule has 3 atom stereocenters. The van der Waals surface area contributed by atoms with Crippen LogP contribution in [0.3, 0.4) is 0 Å². The van der Waals surface area contributed by atoms with E-state index < -0.39 is 7.60 Å². The minimum atomic E-state index is -3.24. The summed E-state index contributed by atoms with van der Waals surface area (Å²) in [6.07, 6.45) is 4.35. The van der Waals surface area contributed by atoms with Gasteiger partial charge in [-0.05, 0) is 51.2 Å². The third kappa shape index (κ3) is 6.79. The van der Waals surface area contributed by atoms with Crippen LogP contribution in [0, 0.1) is 5.92 Å². The molecule has 154 valence electrons. The molecular weight excluding hydrogens is 367 g/mol. The number of methoxy groups -OCH3 is 1. The van der Waals surface area contributed by atoms with Gasteiger partial charge in [0, 0.05) is 13.2 Å². The number of hydrogen-bond acceptors (Lipinski definition) is 6. The average molecular weight is 400 g/mol. The summed E-state index contributed by atoms with van der Waals surface area (Å²) in [5, 5.41) is 0. The van der Waals surface area contributed by atoms with Crippen molar-refractivity contribution in [1.82, 2.24) is 0 Å². The van der Waals surface area contributed by atoms with E-state index in [0.29, 0.717) is 24.9 Å². The molecule has 1 aromatic carbocycles. The van der Waals surface area contributed by atoms with Crippen molar-refractivity contribution in [3.05, 3.63) is 24.3 Å². The topological polar surface area (TPSA) is 63.2 Å². The number of rotatable bonds is 11. The maximum absolute atomic E-state index is 12.5. The summed E-state index contributed by atoms with van der Waals surface area (Å²) in [7, 11) is -1.50. The molecule has 1 saturated carbocycles. The second kappa shape index (κ2) is 11.1. The van der Waals surface area contributed by atoms with E-state index in [1.54, 1.807) is 33.1 Å². The van der Waals surface area contributed by atoms with Crippen LogP contribution in [0.1, 0.15) is 46.5 Å². The predicted molar refractivity (Wildman–Crippen MR) is 106 cm³/mol. The molecule has 0 spiro atoms. The van der Waals surface area contributed by atoms with Crippen molar-refractivity contribution in [2.45, 2.75) is 58.7 Å². The zero-order chi connectivity index (χ0) is 19.7. The van der Waals surface area contributed by atoms with Gasteiger partial charge in [-0.15, -0.1) is 0 Å². The van der Waals surface area contributed by atoms with E-state index in [1.807, 2.05) is 12.1 Å². The van der Waals surface area contributed by atoms with Gasteiger partial charge in [0.1, 0.15) is 17.6 Å². The number of benzene rings is 1. The highest BCUT2D eigenvalue weighted by atomic mass is 31.2. The van der Waals surface area contributed by atoms with Crippen LogP contribution in [0.5, 0.6) is 11.5 Å². The summed E-state index contributed by atoms with van der Waals surface area (Å²) in [6, 6.07) is 7.37. The first-order valence-corrected chi connectivity index (χ1v) is 11.6. The highest BCUT2D eigenvalue weighted by Crippen LogP contribution is 2.48. The molecule has 0 bridgehead atoms. The van der Waals surface area contributed by atoms with Crippen LogP contribution in [0.15, 0.2) is 24.3 Å². The first-order valence-electron chi connectivity index (χ1n) is 9.84. The normalized spacial score (nSPS) is 23.2. The molecule has 0 aromatic heterocycles. The fourth-order valence-electron chi connectivity index (χ4n) is 3.41. The molecule has 0 aliphatic heterocycles. The minimum absolute atomic E-state index is 0.0333. The Kier molecular flexibility index (Phi) is 9.10. The van der Waals surface area contributed by atoms with Crippen molar-refractivity contribution in [3.63, 3.8) is 0 Å². The summed E-state index contributed by atoms with van der Waals surface area (Å²) < 4.78 is 40.5. The fraction of sp³-hybridized carbons (Fsp3) is 0.700. The molecule has 0 N–H and O–H groups in total. The molecule has 27 heavy (non-hydrogen) atoms. The maximum Gasteiger partial charge on any atom is 0.367 e. The Balaban J connectivity index is 1.97. The lowest BCUT2D eigenvalue weighted by molar-refractivity contribution is -0.0385. The van der Waals surface area contributed by atoms with Crippen LogP contribution < -0.4 is 9.47 Å². The highest BCUT2D eigenvalue weighted by Gasteiger charge is 2.31. The molecule has 6 nitrogen and oxygen atoms in total. The van der Waals surface area contributed by atoms with Crippen LogP contribution >= 0.6 is 7.60 Å². The smallest absolute Gasteiger partial charge is 0.367 e. The molecule has 2 rings (SSSR count). The van der Waals surface area contributed by atoms with Crippen molar-refractivity contribution < 1.29 is 27.8 Å². The summed E-state index contributed by atoms with van der Waals surface area (Å²) in [5.41, 5.74) is 0. The molecule has 1 aliphatic rings. The predicted octanol–water partition coefficient (Wildman–Crippen LogP) is 5.26. The summed E-state index contributed by atoms with van der Waals surface area (Å²) >= 11 is 0. The van der Waals surface area contributed by atoms with E-state index in [-0.39, 0.29) is 18.6 Å². The van der Waals surface area contributed by atoms with Gasteiger partial charge in [0.15, 0.2) is 6.35 Å². The Morgan fingerprint density at radius 2 is 1.74 bits per heavy atom. The lowest BCUT2D eigenvalue weighted by Crippen LogP contribution is -2.39. The molecule has 0 saturated heterocycles. The van der Waals surface area contributed by atoms with E-state index >= 15 is 0 Å². The standard InChI is InChI=1S/C20H33O6P/c1-5-16-11-12-19(20(13-16)22-4)26-18-10-8-9-17(14-18)23-15-27(21,24-6-2)25-7-3/h8-10,14,16,19-20H,5-7,11-13,15H2,1-4H3/t16?,19-,20-/m1/s1. The molecule has 7 heteroatoms. The van der Waals surface area contributed by atoms with Crippen molar-refractivity contribution >= 4 is 7.60 Å². The Labute approximate surface area is 163 Å². The van der Waals surface area contributed by atoms with E-state index in [0.717, 1.165) is 25.0 Å². The minimum Gasteiger partial charge on any atom is -0.488 e. The van der Waals surface area contributed by atoms with Gasteiger partial charge in [-0.25, -0.2) is 0 Å². The van der Waals surface area contributed by atoms with Crippen LogP contribution in [-0.4, -0.2) is 38.9 Å². The largest absolute Gasteiger partial charge is 0.488 e. The molecule has 0 radical (unpaired) electrons. The molecule has 1 aliphatic carbocycles. The lowest BCUT2D eigenvalue weighted by Gasteiger charge is -2.35. The highest BCUT2D eigenvalue weighted by molar-refractivity contribution is 7.53. The van der Waals surface area contributed by atoms with E-state index in [1.165, 1.54) is 6.42 Å². The van der Waals surface area contributed by atoms with Gasteiger partial charge in [0.05, 0.1) is 19.3 Å². The molecule has 1 fully saturated rings. The van der Waals surface area contributed by atoms with Gasteiger partial charge in [0.2, 0.25) is 0 Å². The first kappa shape index (κ1) is 22.2. The van der Waals surface area contributed by atoms with Crippen molar-refractivity contribution in [2.24, 2.45) is 5.92 Å². The lowest BCUT2D eigenvalue weighted by atomic mass is 9.83. The van der Waals surface area contributed by atoms with Crippen molar-refractivity contribution in [3.8, 4) is 11.5 Å². The van der Waals surface area contributed by atoms with Gasteiger partial charge >= 0.3 is 7.60 Å². The zero-order valence-corrected chi connectivity index (χ0v) is 17.8. The van der Waals surface area contributed by atoms with E-state index in [9.17, 15) is 4.57 Å². The van der Waals surface area contributed by atoms with Crippen molar-refractivity contribution in [2.75, 3.05) is 26.7 Å². The van der Waals surface area contributed by atoms with E-state index in [4.69, 9.17) is 23.3 Å². The van der Waals surface area contributed by atoms with Crippen LogP contribution in [0.25, 0.3) is 0 Å².